The highest BCUT2D eigenvalue weighted by atomic mass is 35.5. The highest BCUT2D eigenvalue weighted by Crippen LogP contribution is 2.19. The molecule has 16 heavy (non-hydrogen) atoms. The van der Waals surface area contributed by atoms with E-state index >= 15 is 0 Å². The summed E-state index contributed by atoms with van der Waals surface area (Å²) in [5, 5.41) is 10.8. The van der Waals surface area contributed by atoms with Crippen molar-refractivity contribution in [3.63, 3.8) is 0 Å². The van der Waals surface area contributed by atoms with Crippen LogP contribution in [0.3, 0.4) is 0 Å². The number of carboxylic acid groups (broad SMARTS) is 1. The molecule has 1 fully saturated rings. The minimum atomic E-state index is -1.37. The van der Waals surface area contributed by atoms with Gasteiger partial charge in [-0.2, -0.15) is 0 Å². The van der Waals surface area contributed by atoms with E-state index in [4.69, 9.17) is 11.6 Å². The van der Waals surface area contributed by atoms with Crippen LogP contribution < -0.4 is 10.0 Å². The van der Waals surface area contributed by atoms with Gasteiger partial charge in [-0.15, -0.1) is 0 Å². The fourth-order valence-corrected chi connectivity index (χ4v) is 1.92. The van der Waals surface area contributed by atoms with Crippen LogP contribution in [0, 0.1) is 0 Å². The molecular formula is C10H11ClN3O2-. The van der Waals surface area contributed by atoms with Crippen LogP contribution >= 0.6 is 11.6 Å². The van der Waals surface area contributed by atoms with Gasteiger partial charge in [0.2, 0.25) is 5.95 Å². The Kier molecular flexibility index (Phi) is 3.24. The molecule has 0 aliphatic carbocycles. The van der Waals surface area contributed by atoms with E-state index in [1.54, 1.807) is 0 Å². The van der Waals surface area contributed by atoms with Crippen molar-refractivity contribution in [1.29, 1.82) is 0 Å². The highest BCUT2D eigenvalue weighted by Gasteiger charge is 2.15. The standard InChI is InChI=1S/C10H12ClN3O2/c11-7-6-12-10(13-8(7)9(15)16)14-4-2-1-3-5-14/h6H,1-5H2,(H,15,16)/p-1. The van der Waals surface area contributed by atoms with E-state index in [1.807, 2.05) is 4.90 Å². The molecule has 0 radical (unpaired) electrons. The lowest BCUT2D eigenvalue weighted by atomic mass is 10.1. The number of carboxylic acids is 1. The fourth-order valence-electron chi connectivity index (χ4n) is 1.75. The van der Waals surface area contributed by atoms with Gasteiger partial charge >= 0.3 is 0 Å². The summed E-state index contributed by atoms with van der Waals surface area (Å²) in [6.45, 7) is 1.71. The molecule has 0 amide bonds. The third-order valence-electron chi connectivity index (χ3n) is 2.56. The average Bonchev–Trinajstić information content (AvgIpc) is 2.30. The molecule has 0 bridgehead atoms. The van der Waals surface area contributed by atoms with Crippen molar-refractivity contribution in [1.82, 2.24) is 9.97 Å². The van der Waals surface area contributed by atoms with Gasteiger partial charge in [-0.25, -0.2) is 9.97 Å². The van der Waals surface area contributed by atoms with Gasteiger partial charge in [-0.3, -0.25) is 0 Å². The number of hydrogen-bond donors (Lipinski definition) is 0. The zero-order valence-corrected chi connectivity index (χ0v) is 9.40. The molecule has 1 aliphatic rings. The average molecular weight is 241 g/mol. The molecule has 0 N–H and O–H groups in total. The van der Waals surface area contributed by atoms with E-state index in [9.17, 15) is 9.90 Å². The number of piperidine rings is 1. The van der Waals surface area contributed by atoms with E-state index in [1.165, 1.54) is 12.6 Å². The van der Waals surface area contributed by atoms with Gasteiger partial charge in [0.05, 0.1) is 17.2 Å². The predicted octanol–water partition coefficient (Wildman–Crippen LogP) is 0.484. The molecule has 1 aliphatic heterocycles. The number of aromatic nitrogens is 2. The molecule has 0 unspecified atom stereocenters. The number of rotatable bonds is 2. The summed E-state index contributed by atoms with van der Waals surface area (Å²) in [6.07, 6.45) is 4.65. The number of carbonyl (C=O) groups excluding carboxylic acids is 1. The molecular weight excluding hydrogens is 230 g/mol. The summed E-state index contributed by atoms with van der Waals surface area (Å²) in [5.74, 6) is -0.950. The van der Waals surface area contributed by atoms with Crippen LogP contribution in [0.1, 0.15) is 29.8 Å². The van der Waals surface area contributed by atoms with Gasteiger partial charge in [-0.1, -0.05) is 11.6 Å². The molecule has 6 heteroatoms. The van der Waals surface area contributed by atoms with E-state index in [-0.39, 0.29) is 10.7 Å². The molecule has 0 spiro atoms. The van der Waals surface area contributed by atoms with Gasteiger partial charge in [0.25, 0.3) is 0 Å². The number of anilines is 1. The van der Waals surface area contributed by atoms with Gasteiger partial charge in [-0.05, 0) is 19.3 Å². The topological polar surface area (TPSA) is 69.2 Å². The van der Waals surface area contributed by atoms with Gasteiger partial charge in [0.1, 0.15) is 5.69 Å². The Morgan fingerprint density at radius 1 is 1.38 bits per heavy atom. The smallest absolute Gasteiger partial charge is 0.225 e. The van der Waals surface area contributed by atoms with Gasteiger partial charge < -0.3 is 14.8 Å². The maximum atomic E-state index is 10.8. The van der Waals surface area contributed by atoms with Crippen molar-refractivity contribution >= 4 is 23.5 Å². The van der Waals surface area contributed by atoms with Crippen molar-refractivity contribution < 1.29 is 9.90 Å². The second-order valence-electron chi connectivity index (χ2n) is 3.70. The first kappa shape index (κ1) is 11.1. The fraction of sp³-hybridized carbons (Fsp3) is 0.500. The van der Waals surface area contributed by atoms with E-state index in [2.05, 4.69) is 9.97 Å². The third kappa shape index (κ3) is 2.24. The molecule has 0 saturated carbocycles. The van der Waals surface area contributed by atoms with Crippen LogP contribution in [-0.2, 0) is 0 Å². The molecule has 5 nitrogen and oxygen atoms in total. The largest absolute Gasteiger partial charge is 0.543 e. The molecule has 2 heterocycles. The van der Waals surface area contributed by atoms with Crippen molar-refractivity contribution in [2.75, 3.05) is 18.0 Å². The molecule has 1 saturated heterocycles. The first-order valence-electron chi connectivity index (χ1n) is 5.17. The molecule has 0 atom stereocenters. The molecule has 2 rings (SSSR count). The lowest BCUT2D eigenvalue weighted by molar-refractivity contribution is -0.255. The minimum absolute atomic E-state index is 0.0146. The van der Waals surface area contributed by atoms with Crippen LogP contribution in [-0.4, -0.2) is 29.0 Å². The minimum Gasteiger partial charge on any atom is -0.543 e. The first-order valence-corrected chi connectivity index (χ1v) is 5.55. The van der Waals surface area contributed by atoms with Gasteiger partial charge in [0, 0.05) is 13.1 Å². The molecule has 1 aromatic rings. The van der Waals surface area contributed by atoms with Crippen LogP contribution in [0.5, 0.6) is 0 Å². The predicted molar refractivity (Wildman–Crippen MR) is 57.4 cm³/mol. The maximum absolute atomic E-state index is 10.8. The lowest BCUT2D eigenvalue weighted by Gasteiger charge is -2.26. The summed E-state index contributed by atoms with van der Waals surface area (Å²) >= 11 is 5.67. The second-order valence-corrected chi connectivity index (χ2v) is 4.11. The third-order valence-corrected chi connectivity index (χ3v) is 2.84. The van der Waals surface area contributed by atoms with Crippen molar-refractivity contribution in [2.24, 2.45) is 0 Å². The van der Waals surface area contributed by atoms with Crippen molar-refractivity contribution in [2.45, 2.75) is 19.3 Å². The Bertz CT molecular complexity index is 405. The second kappa shape index (κ2) is 4.65. The normalized spacial score (nSPS) is 16.2. The van der Waals surface area contributed by atoms with E-state index < -0.39 is 5.97 Å². The Morgan fingerprint density at radius 3 is 2.69 bits per heavy atom. The lowest BCUT2D eigenvalue weighted by Crippen LogP contribution is -2.32. The Hall–Kier alpha value is -1.36. The summed E-state index contributed by atoms with van der Waals surface area (Å²) in [5.41, 5.74) is -0.239. The Balaban J connectivity index is 2.27. The maximum Gasteiger partial charge on any atom is 0.225 e. The van der Waals surface area contributed by atoms with Crippen LogP contribution in [0.15, 0.2) is 6.20 Å². The zero-order valence-electron chi connectivity index (χ0n) is 8.65. The Morgan fingerprint density at radius 2 is 2.06 bits per heavy atom. The summed E-state index contributed by atoms with van der Waals surface area (Å²) < 4.78 is 0. The summed E-state index contributed by atoms with van der Waals surface area (Å²) in [4.78, 5) is 20.7. The number of nitrogens with zero attached hydrogens (tertiary/aromatic N) is 3. The number of halogens is 1. The van der Waals surface area contributed by atoms with Crippen molar-refractivity contribution in [3.8, 4) is 0 Å². The monoisotopic (exact) mass is 240 g/mol. The Labute approximate surface area is 98.1 Å². The van der Waals surface area contributed by atoms with Gasteiger partial charge in [0.15, 0.2) is 0 Å². The molecule has 0 aromatic carbocycles. The van der Waals surface area contributed by atoms with Crippen LogP contribution in [0.2, 0.25) is 5.02 Å². The number of hydrogen-bond acceptors (Lipinski definition) is 5. The quantitative estimate of drug-likeness (QED) is 0.752. The highest BCUT2D eigenvalue weighted by molar-refractivity contribution is 6.33. The first-order chi connectivity index (χ1) is 7.68. The van der Waals surface area contributed by atoms with Crippen LogP contribution in [0.4, 0.5) is 5.95 Å². The number of carbonyl (C=O) groups is 1. The number of aromatic carboxylic acids is 1. The molecule has 86 valence electrons. The summed E-state index contributed by atoms with van der Waals surface area (Å²) in [7, 11) is 0. The summed E-state index contributed by atoms with van der Waals surface area (Å²) in [6, 6.07) is 0. The van der Waals surface area contributed by atoms with E-state index in [0.29, 0.717) is 5.95 Å². The molecule has 1 aromatic heterocycles. The van der Waals surface area contributed by atoms with E-state index in [0.717, 1.165) is 25.9 Å². The van der Waals surface area contributed by atoms with Crippen molar-refractivity contribution in [3.05, 3.63) is 16.9 Å². The SMILES string of the molecule is O=C([O-])c1nc(N2CCCCC2)ncc1Cl. The van der Waals surface area contributed by atoms with Crippen LogP contribution in [0.25, 0.3) is 0 Å². The zero-order chi connectivity index (χ0) is 11.5.